The van der Waals surface area contributed by atoms with Gasteiger partial charge < -0.3 is 0 Å². The summed E-state index contributed by atoms with van der Waals surface area (Å²) in [7, 11) is 0. The molecule has 1 saturated carbocycles. The van der Waals surface area contributed by atoms with Crippen molar-refractivity contribution in [2.75, 3.05) is 6.54 Å². The lowest BCUT2D eigenvalue weighted by Gasteiger charge is -2.44. The molecule has 1 aliphatic carbocycles. The van der Waals surface area contributed by atoms with E-state index in [2.05, 4.69) is 42.2 Å². The predicted octanol–water partition coefficient (Wildman–Crippen LogP) is 2.82. The Hall–Kier alpha value is -2.07. The Balaban J connectivity index is 0.000000585. The first kappa shape index (κ1) is 20.9. The minimum Gasteiger partial charge on any atom is -0.296 e. The zero-order valence-corrected chi connectivity index (χ0v) is 14.1. The maximum absolute atomic E-state index is 10.3. The van der Waals surface area contributed by atoms with Crippen LogP contribution in [0.4, 0.5) is 0 Å². The van der Waals surface area contributed by atoms with Crippen molar-refractivity contribution in [2.45, 2.75) is 53.0 Å². The van der Waals surface area contributed by atoms with E-state index in [0.29, 0.717) is 6.54 Å². The van der Waals surface area contributed by atoms with Crippen LogP contribution in [-0.4, -0.2) is 36.0 Å². The van der Waals surface area contributed by atoms with Gasteiger partial charge in [0.15, 0.2) is 0 Å². The second kappa shape index (κ2) is 9.16. The molecule has 0 aromatic heterocycles. The molecule has 0 amide bonds. The van der Waals surface area contributed by atoms with Gasteiger partial charge in [0.05, 0.1) is 12.6 Å². The summed E-state index contributed by atoms with van der Waals surface area (Å²) in [5, 5.41) is 7.59. The van der Waals surface area contributed by atoms with Crippen LogP contribution in [0, 0.1) is 10.8 Å². The molecule has 1 N–H and O–H groups in total. The molecule has 0 bridgehead atoms. The molecule has 128 valence electrons. The average Bonchev–Trinajstić information content (AvgIpc) is 2.43. The summed E-state index contributed by atoms with van der Waals surface area (Å²) < 4.78 is 0. The highest BCUT2D eigenvalue weighted by Gasteiger charge is 2.41. The molecule has 0 heterocycles. The average molecular weight is 324 g/mol. The van der Waals surface area contributed by atoms with E-state index in [1.165, 1.54) is 6.92 Å². The van der Waals surface area contributed by atoms with Gasteiger partial charge in [0.2, 0.25) is 12.2 Å². The zero-order chi connectivity index (χ0) is 18.1. The first-order valence-corrected chi connectivity index (χ1v) is 7.21. The highest BCUT2D eigenvalue weighted by Crippen LogP contribution is 2.47. The zero-order valence-electron chi connectivity index (χ0n) is 14.1. The molecule has 0 aromatic carbocycles. The fourth-order valence-corrected chi connectivity index (χ4v) is 3.17. The number of carbonyl (C=O) groups is 1. The number of nitrogens with zero attached hydrogens (tertiary/aromatic N) is 2. The van der Waals surface area contributed by atoms with E-state index < -0.39 is 5.97 Å². The van der Waals surface area contributed by atoms with E-state index >= 15 is 0 Å². The van der Waals surface area contributed by atoms with Gasteiger partial charge in [0, 0.05) is 5.57 Å². The SMILES string of the molecule is C=C(C)C(=O)OO.CC1(C)CC(N=C=O)CC(C)(CN=C=O)C1. The van der Waals surface area contributed by atoms with Gasteiger partial charge in [-0.1, -0.05) is 27.4 Å². The van der Waals surface area contributed by atoms with Crippen LogP contribution in [-0.2, 0) is 19.3 Å². The second-order valence-corrected chi connectivity index (χ2v) is 7.00. The monoisotopic (exact) mass is 324 g/mol. The molecule has 7 nitrogen and oxygen atoms in total. The highest BCUT2D eigenvalue weighted by atomic mass is 17.1. The molecule has 2 unspecified atom stereocenters. The van der Waals surface area contributed by atoms with Crippen LogP contribution in [0.3, 0.4) is 0 Å². The van der Waals surface area contributed by atoms with Gasteiger partial charge >= 0.3 is 5.97 Å². The lowest BCUT2D eigenvalue weighted by molar-refractivity contribution is -0.229. The molecule has 0 aromatic rings. The van der Waals surface area contributed by atoms with E-state index in [4.69, 9.17) is 5.26 Å². The Kier molecular flexibility index (Phi) is 8.33. The summed E-state index contributed by atoms with van der Waals surface area (Å²) >= 11 is 0. The van der Waals surface area contributed by atoms with Crippen molar-refractivity contribution in [3.8, 4) is 0 Å². The summed E-state index contributed by atoms with van der Waals surface area (Å²) in [6.45, 7) is 11.5. The molecular formula is C16H24N2O5. The summed E-state index contributed by atoms with van der Waals surface area (Å²) in [6.07, 6.45) is 5.88. The number of carbonyl (C=O) groups excluding carboxylic acids is 3. The van der Waals surface area contributed by atoms with Crippen molar-refractivity contribution in [3.05, 3.63) is 12.2 Å². The van der Waals surface area contributed by atoms with Crippen LogP contribution in [0.2, 0.25) is 0 Å². The van der Waals surface area contributed by atoms with Gasteiger partial charge in [-0.05, 0) is 37.0 Å². The van der Waals surface area contributed by atoms with Crippen molar-refractivity contribution < 1.29 is 24.5 Å². The van der Waals surface area contributed by atoms with E-state index in [0.717, 1.165) is 19.3 Å². The van der Waals surface area contributed by atoms with Crippen molar-refractivity contribution >= 4 is 18.1 Å². The molecule has 0 saturated heterocycles. The van der Waals surface area contributed by atoms with Crippen molar-refractivity contribution in [3.63, 3.8) is 0 Å². The van der Waals surface area contributed by atoms with Crippen molar-refractivity contribution in [2.24, 2.45) is 20.8 Å². The maximum Gasteiger partial charge on any atom is 0.367 e. The molecule has 7 heteroatoms. The number of aliphatic imine (C=N–C) groups is 2. The molecule has 1 aliphatic rings. The first-order chi connectivity index (χ1) is 10.6. The van der Waals surface area contributed by atoms with Gasteiger partial charge in [0.1, 0.15) is 0 Å². The summed E-state index contributed by atoms with van der Waals surface area (Å²) in [6, 6.07) is 0.00750. The molecule has 0 aliphatic heterocycles. The fraction of sp³-hybridized carbons (Fsp3) is 0.688. The van der Waals surface area contributed by atoms with Crippen LogP contribution < -0.4 is 0 Å². The maximum atomic E-state index is 10.3. The van der Waals surface area contributed by atoms with Crippen LogP contribution in [0.5, 0.6) is 0 Å². The highest BCUT2D eigenvalue weighted by molar-refractivity contribution is 5.86. The van der Waals surface area contributed by atoms with E-state index in [-0.39, 0.29) is 22.4 Å². The Bertz CT molecular complexity index is 531. The quantitative estimate of drug-likeness (QED) is 0.281. The van der Waals surface area contributed by atoms with Gasteiger partial charge in [-0.25, -0.2) is 24.4 Å². The standard InChI is InChI=1S/C12H18N2O2.C4H6O3/c1-11(2)4-10(14-9-16)5-12(3,6-11)7-13-8-15;1-3(2)4(5)7-6/h10H,4-7H2,1-3H3;6H,1H2,2H3. The van der Waals surface area contributed by atoms with Crippen molar-refractivity contribution in [1.29, 1.82) is 0 Å². The number of rotatable bonds is 4. The topological polar surface area (TPSA) is 105 Å². The molecule has 23 heavy (non-hydrogen) atoms. The van der Waals surface area contributed by atoms with Crippen LogP contribution >= 0.6 is 0 Å². The summed E-state index contributed by atoms with van der Waals surface area (Å²) in [4.78, 5) is 41.2. The molecule has 0 spiro atoms. The van der Waals surface area contributed by atoms with Gasteiger partial charge in [-0.2, -0.15) is 5.26 Å². The first-order valence-electron chi connectivity index (χ1n) is 7.21. The summed E-state index contributed by atoms with van der Waals surface area (Å²) in [5.41, 5.74) is 0.239. The molecule has 2 atom stereocenters. The Morgan fingerprint density at radius 1 is 1.30 bits per heavy atom. The normalized spacial score (nSPS) is 24.8. The van der Waals surface area contributed by atoms with Gasteiger partial charge in [-0.3, -0.25) is 4.89 Å². The Morgan fingerprint density at radius 2 is 1.91 bits per heavy atom. The number of hydrogen-bond donors (Lipinski definition) is 1. The van der Waals surface area contributed by atoms with Crippen molar-refractivity contribution in [1.82, 2.24) is 0 Å². The fourth-order valence-electron chi connectivity index (χ4n) is 3.17. The van der Waals surface area contributed by atoms with E-state index in [1.54, 1.807) is 12.2 Å². The lowest BCUT2D eigenvalue weighted by atomic mass is 9.63. The van der Waals surface area contributed by atoms with Crippen LogP contribution in [0.15, 0.2) is 22.1 Å². The third-order valence-corrected chi connectivity index (χ3v) is 3.61. The van der Waals surface area contributed by atoms with E-state index in [9.17, 15) is 14.4 Å². The molecule has 0 radical (unpaired) electrons. The summed E-state index contributed by atoms with van der Waals surface area (Å²) in [5.74, 6) is -0.792. The Morgan fingerprint density at radius 3 is 2.30 bits per heavy atom. The second-order valence-electron chi connectivity index (χ2n) is 7.00. The third kappa shape index (κ3) is 8.21. The van der Waals surface area contributed by atoms with Crippen LogP contribution in [0.1, 0.15) is 47.0 Å². The van der Waals surface area contributed by atoms with Gasteiger partial charge in [-0.15, -0.1) is 0 Å². The minimum atomic E-state index is -0.792. The largest absolute Gasteiger partial charge is 0.367 e. The minimum absolute atomic E-state index is 0.00750. The lowest BCUT2D eigenvalue weighted by Crippen LogP contribution is -2.39. The van der Waals surface area contributed by atoms with Crippen LogP contribution in [0.25, 0.3) is 0 Å². The predicted molar refractivity (Wildman–Crippen MR) is 84.2 cm³/mol. The molecule has 1 rings (SSSR count). The number of isocyanates is 2. The molecular weight excluding hydrogens is 300 g/mol. The Labute approximate surface area is 136 Å². The van der Waals surface area contributed by atoms with Gasteiger partial charge in [0.25, 0.3) is 0 Å². The third-order valence-electron chi connectivity index (χ3n) is 3.61. The van der Waals surface area contributed by atoms with E-state index in [1.807, 2.05) is 0 Å². The smallest absolute Gasteiger partial charge is 0.296 e. The molecule has 1 fully saturated rings. The number of hydrogen-bond acceptors (Lipinski definition) is 7.